The lowest BCUT2D eigenvalue weighted by molar-refractivity contribution is -0.144. The van der Waals surface area contributed by atoms with E-state index in [1.165, 1.54) is 15.9 Å². The molecule has 5 rings (SSSR count). The number of amides is 4. The van der Waals surface area contributed by atoms with Crippen LogP contribution in [-0.4, -0.2) is 52.1 Å². The van der Waals surface area contributed by atoms with Gasteiger partial charge in [-0.05, 0) is 37.3 Å². The summed E-state index contributed by atoms with van der Waals surface area (Å²) < 4.78 is 14.8. The molecule has 4 amide bonds. The first-order valence-corrected chi connectivity index (χ1v) is 14.8. The Morgan fingerprint density at radius 1 is 0.902 bits per heavy atom. The second-order valence-corrected chi connectivity index (χ2v) is 11.4. The molecule has 3 atom stereocenters. The van der Waals surface area contributed by atoms with Gasteiger partial charge < -0.3 is 10.2 Å². The number of hydrogen-bond acceptors (Lipinski definition) is 4. The number of imide groups is 1. The van der Waals surface area contributed by atoms with E-state index < -0.39 is 17.8 Å². The van der Waals surface area contributed by atoms with Crippen molar-refractivity contribution in [2.45, 2.75) is 76.4 Å². The molecule has 0 spiro atoms. The summed E-state index contributed by atoms with van der Waals surface area (Å²) in [5.74, 6) is -2.36. The number of nitrogens with zero attached hydrogens (tertiary/aromatic N) is 2. The Kier molecular flexibility index (Phi) is 9.27. The average Bonchev–Trinajstić information content (AvgIpc) is 3.24. The molecule has 0 bridgehead atoms. The third kappa shape index (κ3) is 6.75. The van der Waals surface area contributed by atoms with Crippen molar-refractivity contribution in [3.8, 4) is 0 Å². The molecule has 2 fully saturated rings. The van der Waals surface area contributed by atoms with Gasteiger partial charge in [0.25, 0.3) is 0 Å². The number of hydrogen-bond donors (Lipinski definition) is 1. The fraction of sp³-hybridized carbons (Fsp3) is 0.455. The molecule has 2 aliphatic carbocycles. The summed E-state index contributed by atoms with van der Waals surface area (Å²) in [6.07, 6.45) is 10.0. The van der Waals surface area contributed by atoms with Crippen molar-refractivity contribution in [1.29, 1.82) is 0 Å². The number of fused-ring (bicyclic) bond motifs is 1. The quantitative estimate of drug-likeness (QED) is 0.342. The van der Waals surface area contributed by atoms with Gasteiger partial charge in [-0.25, -0.2) is 4.39 Å². The fourth-order valence-electron chi connectivity index (χ4n) is 6.35. The maximum Gasteiger partial charge on any atom is 0.243 e. The zero-order valence-corrected chi connectivity index (χ0v) is 23.3. The third-order valence-electron chi connectivity index (χ3n) is 8.67. The van der Waals surface area contributed by atoms with E-state index in [1.54, 1.807) is 18.2 Å². The third-order valence-corrected chi connectivity index (χ3v) is 8.67. The Labute approximate surface area is 240 Å². The lowest BCUT2D eigenvalue weighted by atomic mass is 9.85. The Hall–Kier alpha value is -3.81. The minimum Gasteiger partial charge on any atom is -0.352 e. The fourth-order valence-corrected chi connectivity index (χ4v) is 6.35. The summed E-state index contributed by atoms with van der Waals surface area (Å²) in [5, 5.41) is 3.17. The zero-order chi connectivity index (χ0) is 28.8. The standard InChI is InChI=1S/C33H38FN3O4/c34-28-18-10-7-13-24(28)22-37(30(38)19-20-36-32(40)26-16-8-9-17-27(26)33(36)41)29(21-23-11-3-1-4-12-23)31(39)35-25-14-5-2-6-15-25/h1,3-4,7-13,18,25-27,29H,2,5-6,14-17,19-22H2,(H,35,39)/t26-,27+,29-/m0/s1. The van der Waals surface area contributed by atoms with Crippen LogP contribution in [0.15, 0.2) is 66.7 Å². The molecule has 1 saturated carbocycles. The van der Waals surface area contributed by atoms with Crippen LogP contribution in [0.1, 0.15) is 62.5 Å². The number of carbonyl (C=O) groups is 4. The molecule has 8 heteroatoms. The van der Waals surface area contributed by atoms with Crippen LogP contribution in [0, 0.1) is 17.7 Å². The minimum absolute atomic E-state index is 0.0386. The molecule has 41 heavy (non-hydrogen) atoms. The smallest absolute Gasteiger partial charge is 0.243 e. The topological polar surface area (TPSA) is 86.8 Å². The molecule has 1 aliphatic heterocycles. The van der Waals surface area contributed by atoms with Crippen molar-refractivity contribution in [1.82, 2.24) is 15.1 Å². The van der Waals surface area contributed by atoms with Crippen molar-refractivity contribution in [3.63, 3.8) is 0 Å². The predicted molar refractivity (Wildman–Crippen MR) is 153 cm³/mol. The van der Waals surface area contributed by atoms with Crippen molar-refractivity contribution in [3.05, 3.63) is 83.7 Å². The first kappa shape index (κ1) is 28.7. The maximum absolute atomic E-state index is 14.8. The Balaban J connectivity index is 1.39. The van der Waals surface area contributed by atoms with Gasteiger partial charge in [0.2, 0.25) is 23.6 Å². The highest BCUT2D eigenvalue weighted by atomic mass is 19.1. The average molecular weight is 560 g/mol. The van der Waals surface area contributed by atoms with E-state index in [2.05, 4.69) is 5.32 Å². The van der Waals surface area contributed by atoms with Crippen molar-refractivity contribution < 1.29 is 23.6 Å². The van der Waals surface area contributed by atoms with Crippen LogP contribution >= 0.6 is 0 Å². The Morgan fingerprint density at radius 2 is 1.54 bits per heavy atom. The van der Waals surface area contributed by atoms with Gasteiger partial charge in [0.15, 0.2) is 0 Å². The predicted octanol–water partition coefficient (Wildman–Crippen LogP) is 4.56. The summed E-state index contributed by atoms with van der Waals surface area (Å²) in [5.41, 5.74) is 1.18. The molecule has 1 saturated heterocycles. The van der Waals surface area contributed by atoms with Crippen LogP contribution < -0.4 is 5.32 Å². The summed E-state index contributed by atoms with van der Waals surface area (Å²) in [4.78, 5) is 56.4. The van der Waals surface area contributed by atoms with Gasteiger partial charge in [0.1, 0.15) is 11.9 Å². The number of likely N-dealkylation sites (tertiary alicyclic amines) is 1. The highest BCUT2D eigenvalue weighted by Gasteiger charge is 2.47. The van der Waals surface area contributed by atoms with Gasteiger partial charge in [-0.3, -0.25) is 24.1 Å². The first-order valence-electron chi connectivity index (χ1n) is 14.8. The normalized spacial score (nSPS) is 21.4. The molecule has 3 aliphatic rings. The van der Waals surface area contributed by atoms with E-state index in [1.807, 2.05) is 42.5 Å². The molecular formula is C33H38FN3O4. The molecule has 1 heterocycles. The molecular weight excluding hydrogens is 521 g/mol. The minimum atomic E-state index is -0.886. The number of benzene rings is 2. The van der Waals surface area contributed by atoms with Crippen LogP contribution in [-0.2, 0) is 32.1 Å². The first-order chi connectivity index (χ1) is 19.9. The van der Waals surface area contributed by atoms with Gasteiger partial charge in [-0.1, -0.05) is 79.9 Å². The molecule has 7 nitrogen and oxygen atoms in total. The number of carbonyl (C=O) groups excluding carboxylic acids is 4. The van der Waals surface area contributed by atoms with E-state index in [9.17, 15) is 23.6 Å². The van der Waals surface area contributed by atoms with E-state index >= 15 is 0 Å². The van der Waals surface area contributed by atoms with Crippen LogP contribution in [0.25, 0.3) is 0 Å². The van der Waals surface area contributed by atoms with E-state index in [0.29, 0.717) is 18.4 Å². The lowest BCUT2D eigenvalue weighted by Crippen LogP contribution is -2.53. The largest absolute Gasteiger partial charge is 0.352 e. The summed E-state index contributed by atoms with van der Waals surface area (Å²) in [6, 6.07) is 14.9. The van der Waals surface area contributed by atoms with Crippen LogP contribution in [0.4, 0.5) is 4.39 Å². The van der Waals surface area contributed by atoms with Gasteiger partial charge in [0.05, 0.1) is 11.8 Å². The number of nitrogens with one attached hydrogen (secondary N) is 1. The zero-order valence-electron chi connectivity index (χ0n) is 23.3. The van der Waals surface area contributed by atoms with E-state index in [-0.39, 0.29) is 61.5 Å². The molecule has 0 radical (unpaired) electrons. The van der Waals surface area contributed by atoms with Gasteiger partial charge in [-0.2, -0.15) is 0 Å². The Bertz CT molecular complexity index is 1260. The summed E-state index contributed by atoms with van der Waals surface area (Å²) in [7, 11) is 0. The van der Waals surface area contributed by atoms with Crippen molar-refractivity contribution >= 4 is 23.6 Å². The molecule has 0 unspecified atom stereocenters. The van der Waals surface area contributed by atoms with Gasteiger partial charge in [0, 0.05) is 37.5 Å². The Morgan fingerprint density at radius 3 is 2.20 bits per heavy atom. The molecule has 2 aromatic carbocycles. The molecule has 0 aromatic heterocycles. The number of halogens is 1. The SMILES string of the molecule is O=C(NC1CCCCC1)[C@H](Cc1ccccc1)N(Cc1ccccc1F)C(=O)CCN1C(=O)[C@H]2CC=CC[C@H]2C1=O. The molecule has 1 N–H and O–H groups in total. The second-order valence-electron chi connectivity index (χ2n) is 11.4. The van der Waals surface area contributed by atoms with Gasteiger partial charge in [-0.15, -0.1) is 0 Å². The molecule has 2 aromatic rings. The lowest BCUT2D eigenvalue weighted by Gasteiger charge is -2.34. The highest BCUT2D eigenvalue weighted by Crippen LogP contribution is 2.35. The number of allylic oxidation sites excluding steroid dienone is 2. The van der Waals surface area contributed by atoms with Crippen LogP contribution in [0.2, 0.25) is 0 Å². The highest BCUT2D eigenvalue weighted by molar-refractivity contribution is 6.05. The monoisotopic (exact) mass is 559 g/mol. The van der Waals surface area contributed by atoms with Crippen LogP contribution in [0.3, 0.4) is 0 Å². The van der Waals surface area contributed by atoms with Crippen molar-refractivity contribution in [2.24, 2.45) is 11.8 Å². The second kappa shape index (κ2) is 13.2. The van der Waals surface area contributed by atoms with Crippen LogP contribution in [0.5, 0.6) is 0 Å². The van der Waals surface area contributed by atoms with E-state index in [0.717, 1.165) is 37.7 Å². The molecule has 216 valence electrons. The maximum atomic E-state index is 14.8. The van der Waals surface area contributed by atoms with Gasteiger partial charge >= 0.3 is 0 Å². The summed E-state index contributed by atoms with van der Waals surface area (Å²) in [6.45, 7) is -0.155. The summed E-state index contributed by atoms with van der Waals surface area (Å²) >= 11 is 0. The van der Waals surface area contributed by atoms with Crippen molar-refractivity contribution in [2.75, 3.05) is 6.54 Å². The number of rotatable bonds is 10. The van der Waals surface area contributed by atoms with E-state index in [4.69, 9.17) is 0 Å².